The molecule has 0 aliphatic carbocycles. The number of aromatic nitrogens is 2. The molecule has 1 aromatic carbocycles. The quantitative estimate of drug-likeness (QED) is 0.723. The van der Waals surface area contributed by atoms with Gasteiger partial charge in [0.05, 0.1) is 23.2 Å². The number of carbonyl (C=O) groups excluding carboxylic acids is 1. The summed E-state index contributed by atoms with van der Waals surface area (Å²) >= 11 is 5.93. The maximum atomic E-state index is 12.4. The number of hydrogen-bond donors (Lipinski definition) is 1. The fourth-order valence-electron chi connectivity index (χ4n) is 2.60. The highest BCUT2D eigenvalue weighted by Crippen LogP contribution is 2.19. The van der Waals surface area contributed by atoms with E-state index < -0.39 is 10.0 Å². The number of carbonyl (C=O) groups is 1. The van der Waals surface area contributed by atoms with E-state index in [1.165, 1.54) is 4.31 Å². The number of sulfonamides is 1. The Bertz CT molecular complexity index is 1060. The summed E-state index contributed by atoms with van der Waals surface area (Å²) in [6.07, 6.45) is 4.50. The molecule has 0 aliphatic rings. The molecule has 0 saturated heterocycles. The van der Waals surface area contributed by atoms with Crippen LogP contribution in [-0.4, -0.2) is 36.5 Å². The predicted octanol–water partition coefficient (Wildman–Crippen LogP) is 3.03. The van der Waals surface area contributed by atoms with Gasteiger partial charge in [0.1, 0.15) is 5.65 Å². The largest absolute Gasteiger partial charge is 0.305 e. The first-order valence-electron chi connectivity index (χ1n) is 7.81. The predicted molar refractivity (Wildman–Crippen MR) is 102 cm³/mol. The maximum Gasteiger partial charge on any atom is 0.256 e. The second-order valence-corrected chi connectivity index (χ2v) is 8.01. The van der Waals surface area contributed by atoms with E-state index in [2.05, 4.69) is 10.3 Å². The van der Waals surface area contributed by atoms with Gasteiger partial charge in [0.15, 0.2) is 5.82 Å². The monoisotopic (exact) mass is 392 g/mol. The fourth-order valence-corrected chi connectivity index (χ4v) is 3.74. The standard InChI is InChI=1S/C17H17ClN4O3S/c1-3-22(26(2,24)25)14-7-4-12(5-8-14)17(23)20-15-11-21-10-13(18)6-9-16(21)19-15/h4-11H,3H2,1-2H3,(H,20,23). The van der Waals surface area contributed by atoms with E-state index in [0.717, 1.165) is 6.26 Å². The third-order valence-corrected chi connectivity index (χ3v) is 5.25. The van der Waals surface area contributed by atoms with Crippen molar-refractivity contribution in [3.05, 3.63) is 59.4 Å². The molecule has 0 fully saturated rings. The summed E-state index contributed by atoms with van der Waals surface area (Å²) < 4.78 is 26.5. The average molecular weight is 393 g/mol. The first kappa shape index (κ1) is 18.2. The normalized spacial score (nSPS) is 11.5. The van der Waals surface area contributed by atoms with Gasteiger partial charge in [0.25, 0.3) is 5.91 Å². The number of amides is 1. The zero-order valence-corrected chi connectivity index (χ0v) is 15.8. The van der Waals surface area contributed by atoms with Crippen molar-refractivity contribution >= 4 is 44.7 Å². The highest BCUT2D eigenvalue weighted by molar-refractivity contribution is 7.92. The molecule has 3 rings (SSSR count). The van der Waals surface area contributed by atoms with Crippen molar-refractivity contribution in [3.8, 4) is 0 Å². The van der Waals surface area contributed by atoms with E-state index in [1.54, 1.807) is 60.1 Å². The number of pyridine rings is 1. The maximum absolute atomic E-state index is 12.4. The van der Waals surface area contributed by atoms with Crippen molar-refractivity contribution in [1.82, 2.24) is 9.38 Å². The highest BCUT2D eigenvalue weighted by Gasteiger charge is 2.16. The molecule has 0 unspecified atom stereocenters. The Kier molecular flexibility index (Phi) is 4.88. The number of nitrogens with zero attached hydrogens (tertiary/aromatic N) is 3. The Balaban J connectivity index is 1.79. The van der Waals surface area contributed by atoms with Gasteiger partial charge in [-0.3, -0.25) is 9.10 Å². The number of halogens is 1. The first-order chi connectivity index (χ1) is 12.3. The topological polar surface area (TPSA) is 83.8 Å². The fraction of sp³-hybridized carbons (Fsp3) is 0.176. The molecule has 0 atom stereocenters. The Labute approximate surface area is 156 Å². The minimum Gasteiger partial charge on any atom is -0.305 e. The number of benzene rings is 1. The van der Waals surface area contributed by atoms with Crippen LogP contribution in [0.15, 0.2) is 48.8 Å². The Morgan fingerprint density at radius 2 is 1.88 bits per heavy atom. The highest BCUT2D eigenvalue weighted by atomic mass is 35.5. The molecule has 0 saturated carbocycles. The van der Waals surface area contributed by atoms with Crippen LogP contribution in [0.4, 0.5) is 11.5 Å². The molecular weight excluding hydrogens is 376 g/mol. The SMILES string of the molecule is CCN(c1ccc(C(=O)Nc2cn3cc(Cl)ccc3n2)cc1)S(C)(=O)=O. The molecule has 136 valence electrons. The van der Waals surface area contributed by atoms with Crippen LogP contribution in [0.3, 0.4) is 0 Å². The molecule has 0 radical (unpaired) electrons. The number of anilines is 2. The number of nitrogens with one attached hydrogen (secondary N) is 1. The lowest BCUT2D eigenvalue weighted by Gasteiger charge is -2.20. The summed E-state index contributed by atoms with van der Waals surface area (Å²) in [4.78, 5) is 16.7. The Morgan fingerprint density at radius 3 is 2.50 bits per heavy atom. The average Bonchev–Trinajstić information content (AvgIpc) is 2.96. The lowest BCUT2D eigenvalue weighted by atomic mass is 10.2. The van der Waals surface area contributed by atoms with Gasteiger partial charge < -0.3 is 9.72 Å². The van der Waals surface area contributed by atoms with Crippen molar-refractivity contribution in [2.45, 2.75) is 6.92 Å². The van der Waals surface area contributed by atoms with Crippen LogP contribution in [0.2, 0.25) is 5.02 Å². The van der Waals surface area contributed by atoms with Crippen LogP contribution in [0, 0.1) is 0 Å². The summed E-state index contributed by atoms with van der Waals surface area (Å²) in [5.74, 6) is 0.0566. The summed E-state index contributed by atoms with van der Waals surface area (Å²) in [7, 11) is -3.36. The van der Waals surface area contributed by atoms with Gasteiger partial charge in [-0.25, -0.2) is 13.4 Å². The molecule has 0 spiro atoms. The van der Waals surface area contributed by atoms with Gasteiger partial charge in [-0.05, 0) is 43.3 Å². The molecule has 7 nitrogen and oxygen atoms in total. The Hall–Kier alpha value is -2.58. The van der Waals surface area contributed by atoms with Crippen LogP contribution in [0.5, 0.6) is 0 Å². The summed E-state index contributed by atoms with van der Waals surface area (Å²) in [5, 5.41) is 3.28. The van der Waals surface area contributed by atoms with E-state index in [1.807, 2.05) is 0 Å². The smallest absolute Gasteiger partial charge is 0.256 e. The third kappa shape index (κ3) is 3.81. The molecule has 1 N–H and O–H groups in total. The second kappa shape index (κ2) is 6.97. The van der Waals surface area contributed by atoms with Gasteiger partial charge >= 0.3 is 0 Å². The van der Waals surface area contributed by atoms with Crippen LogP contribution >= 0.6 is 11.6 Å². The lowest BCUT2D eigenvalue weighted by Crippen LogP contribution is -2.29. The third-order valence-electron chi connectivity index (χ3n) is 3.76. The van der Waals surface area contributed by atoms with Gasteiger partial charge in [-0.2, -0.15) is 0 Å². The van der Waals surface area contributed by atoms with Gasteiger partial charge in [0, 0.05) is 18.3 Å². The van der Waals surface area contributed by atoms with Gasteiger partial charge in [0.2, 0.25) is 10.0 Å². The number of rotatable bonds is 5. The van der Waals surface area contributed by atoms with Crippen molar-refractivity contribution in [2.75, 3.05) is 22.4 Å². The molecule has 2 heterocycles. The van der Waals surface area contributed by atoms with E-state index in [0.29, 0.717) is 34.3 Å². The van der Waals surface area contributed by atoms with E-state index in [4.69, 9.17) is 11.6 Å². The van der Waals surface area contributed by atoms with Crippen LogP contribution in [0.1, 0.15) is 17.3 Å². The number of hydrogen-bond acceptors (Lipinski definition) is 4. The molecule has 0 bridgehead atoms. The minimum atomic E-state index is -3.36. The molecule has 2 aromatic heterocycles. The number of imidazole rings is 1. The molecule has 3 aromatic rings. The summed E-state index contributed by atoms with van der Waals surface area (Å²) in [6.45, 7) is 2.06. The van der Waals surface area contributed by atoms with Crippen molar-refractivity contribution in [2.24, 2.45) is 0 Å². The van der Waals surface area contributed by atoms with E-state index in [9.17, 15) is 13.2 Å². The molecule has 9 heteroatoms. The molecule has 0 aliphatic heterocycles. The zero-order valence-electron chi connectivity index (χ0n) is 14.2. The van der Waals surface area contributed by atoms with Gasteiger partial charge in [-0.15, -0.1) is 0 Å². The first-order valence-corrected chi connectivity index (χ1v) is 10.0. The van der Waals surface area contributed by atoms with Crippen molar-refractivity contribution in [1.29, 1.82) is 0 Å². The van der Waals surface area contributed by atoms with Crippen LogP contribution < -0.4 is 9.62 Å². The van der Waals surface area contributed by atoms with E-state index >= 15 is 0 Å². The molecule has 26 heavy (non-hydrogen) atoms. The van der Waals surface area contributed by atoms with E-state index in [-0.39, 0.29) is 5.91 Å². The number of fused-ring (bicyclic) bond motifs is 1. The minimum absolute atomic E-state index is 0.314. The van der Waals surface area contributed by atoms with Crippen molar-refractivity contribution < 1.29 is 13.2 Å². The van der Waals surface area contributed by atoms with Crippen molar-refractivity contribution in [3.63, 3.8) is 0 Å². The molecule has 1 amide bonds. The lowest BCUT2D eigenvalue weighted by molar-refractivity contribution is 0.102. The van der Waals surface area contributed by atoms with Crippen LogP contribution in [0.25, 0.3) is 5.65 Å². The molecular formula is C17H17ClN4O3S. The Morgan fingerprint density at radius 1 is 1.19 bits per heavy atom. The second-order valence-electron chi connectivity index (χ2n) is 5.67. The van der Waals surface area contributed by atoms with Gasteiger partial charge in [-0.1, -0.05) is 11.6 Å². The zero-order chi connectivity index (χ0) is 18.9. The summed E-state index contributed by atoms with van der Waals surface area (Å²) in [5.41, 5.74) is 1.56. The van der Waals surface area contributed by atoms with Crippen LogP contribution in [-0.2, 0) is 10.0 Å². The summed E-state index contributed by atoms with van der Waals surface area (Å²) in [6, 6.07) is 9.81.